The number of fused-ring (bicyclic) bond motifs is 1. The largest absolute Gasteiger partial charge is 0.416 e. The van der Waals surface area contributed by atoms with Crippen LogP contribution in [0, 0.1) is 0 Å². The van der Waals surface area contributed by atoms with Crippen molar-refractivity contribution < 1.29 is 18.0 Å². The topological polar surface area (TPSA) is 81.8 Å². The minimum absolute atomic E-state index is 0.0909. The third-order valence-corrected chi connectivity index (χ3v) is 5.92. The van der Waals surface area contributed by atoms with Crippen molar-refractivity contribution >= 4 is 22.6 Å². The van der Waals surface area contributed by atoms with Gasteiger partial charge in [0.2, 0.25) is 5.91 Å². The molecule has 188 valence electrons. The molecule has 0 saturated heterocycles. The Bertz CT molecular complexity index is 1460. The molecule has 1 N–H and O–H groups in total. The molecule has 1 amide bonds. The van der Waals surface area contributed by atoms with Crippen LogP contribution in [0.4, 0.5) is 18.9 Å². The van der Waals surface area contributed by atoms with Crippen molar-refractivity contribution in [3.05, 3.63) is 82.0 Å². The summed E-state index contributed by atoms with van der Waals surface area (Å²) in [4.78, 5) is 30.2. The third kappa shape index (κ3) is 4.89. The Morgan fingerprint density at radius 1 is 1.03 bits per heavy atom. The zero-order valence-electron chi connectivity index (χ0n) is 20.3. The number of benzene rings is 2. The summed E-state index contributed by atoms with van der Waals surface area (Å²) in [5.74, 6) is -0.0265. The minimum Gasteiger partial charge on any atom is -0.324 e. The second-order valence-corrected chi connectivity index (χ2v) is 9.19. The van der Waals surface area contributed by atoms with Crippen LogP contribution >= 0.6 is 0 Å². The Morgan fingerprint density at radius 3 is 2.28 bits per heavy atom. The number of nitrogens with one attached hydrogen (secondary N) is 1. The molecule has 0 aliphatic rings. The van der Waals surface area contributed by atoms with Crippen LogP contribution in [0.5, 0.6) is 0 Å². The van der Waals surface area contributed by atoms with Gasteiger partial charge in [-0.05, 0) is 41.2 Å². The standard InChI is InChI=1S/C26H26F3N5O2/c1-15(2)19-9-6-10-20(16(3)4)23(19)32-22(35)13-33-14-30-24-21(25(33)36)12-31-34(24)18-8-5-7-17(11-18)26(27,28)29/h5-12,14-16H,13H2,1-4H3,(H,32,35). The van der Waals surface area contributed by atoms with Crippen LogP contribution in [0.3, 0.4) is 0 Å². The molecule has 0 bridgehead atoms. The first-order chi connectivity index (χ1) is 17.0. The van der Waals surface area contributed by atoms with Crippen molar-refractivity contribution in [2.45, 2.75) is 52.3 Å². The van der Waals surface area contributed by atoms with Gasteiger partial charge < -0.3 is 5.32 Å². The van der Waals surface area contributed by atoms with Crippen molar-refractivity contribution in [3.8, 4) is 5.69 Å². The van der Waals surface area contributed by atoms with Crippen LogP contribution in [-0.4, -0.2) is 25.2 Å². The maximum atomic E-state index is 13.1. The van der Waals surface area contributed by atoms with Crippen molar-refractivity contribution in [2.24, 2.45) is 0 Å². The SMILES string of the molecule is CC(C)c1cccc(C(C)C)c1NC(=O)Cn1cnc2c(cnn2-c2cccc(C(F)(F)F)c2)c1=O. The van der Waals surface area contributed by atoms with Gasteiger partial charge >= 0.3 is 6.18 Å². The molecule has 0 radical (unpaired) electrons. The number of carbonyl (C=O) groups is 1. The molecule has 7 nitrogen and oxygen atoms in total. The predicted octanol–water partition coefficient (Wildman–Crippen LogP) is 5.49. The second-order valence-electron chi connectivity index (χ2n) is 9.19. The first-order valence-electron chi connectivity index (χ1n) is 11.5. The fourth-order valence-corrected chi connectivity index (χ4v) is 4.09. The van der Waals surface area contributed by atoms with Gasteiger partial charge in [-0.25, -0.2) is 9.67 Å². The van der Waals surface area contributed by atoms with Crippen LogP contribution in [0.15, 0.2) is 59.8 Å². The zero-order chi connectivity index (χ0) is 26.2. The molecule has 0 spiro atoms. The van der Waals surface area contributed by atoms with E-state index in [-0.39, 0.29) is 35.1 Å². The Hall–Kier alpha value is -3.95. The molecular formula is C26H26F3N5O2. The number of halogens is 3. The van der Waals surface area contributed by atoms with Crippen molar-refractivity contribution in [1.29, 1.82) is 0 Å². The lowest BCUT2D eigenvalue weighted by Crippen LogP contribution is -2.28. The normalized spacial score (nSPS) is 12.0. The summed E-state index contributed by atoms with van der Waals surface area (Å²) >= 11 is 0. The van der Waals surface area contributed by atoms with E-state index in [1.165, 1.54) is 29.3 Å². The van der Waals surface area contributed by atoms with Gasteiger partial charge in [0.1, 0.15) is 18.3 Å². The minimum atomic E-state index is -4.52. The van der Waals surface area contributed by atoms with Crippen LogP contribution in [-0.2, 0) is 17.5 Å². The Balaban J connectivity index is 1.64. The number of carbonyl (C=O) groups excluding carboxylic acids is 1. The van der Waals surface area contributed by atoms with E-state index >= 15 is 0 Å². The second kappa shape index (κ2) is 9.60. The fourth-order valence-electron chi connectivity index (χ4n) is 4.09. The molecule has 2 aromatic carbocycles. The van der Waals surface area contributed by atoms with E-state index in [1.54, 1.807) is 0 Å². The lowest BCUT2D eigenvalue weighted by molar-refractivity contribution is -0.137. The number of alkyl halides is 3. The molecule has 4 rings (SSSR count). The molecular weight excluding hydrogens is 471 g/mol. The van der Waals surface area contributed by atoms with Gasteiger partial charge in [-0.3, -0.25) is 14.2 Å². The molecule has 10 heteroatoms. The number of hydrogen-bond acceptors (Lipinski definition) is 4. The number of anilines is 1. The monoisotopic (exact) mass is 497 g/mol. The van der Waals surface area contributed by atoms with Gasteiger partial charge in [-0.1, -0.05) is 52.0 Å². The molecule has 4 aromatic rings. The molecule has 0 unspecified atom stereocenters. The summed E-state index contributed by atoms with van der Waals surface area (Å²) in [6.45, 7) is 7.89. The van der Waals surface area contributed by atoms with E-state index in [0.717, 1.165) is 33.5 Å². The molecule has 36 heavy (non-hydrogen) atoms. The van der Waals surface area contributed by atoms with Crippen molar-refractivity contribution in [2.75, 3.05) is 5.32 Å². The number of para-hydroxylation sites is 1. The van der Waals surface area contributed by atoms with Crippen molar-refractivity contribution in [1.82, 2.24) is 19.3 Å². The first kappa shape index (κ1) is 25.2. The number of rotatable bonds is 6. The molecule has 0 aliphatic carbocycles. The number of aromatic nitrogens is 4. The summed E-state index contributed by atoms with van der Waals surface area (Å²) in [7, 11) is 0. The lowest BCUT2D eigenvalue weighted by Gasteiger charge is -2.20. The van der Waals surface area contributed by atoms with E-state index in [2.05, 4.69) is 15.4 Å². The molecule has 2 heterocycles. The summed E-state index contributed by atoms with van der Waals surface area (Å²) < 4.78 is 41.7. The third-order valence-electron chi connectivity index (χ3n) is 5.92. The van der Waals surface area contributed by atoms with Crippen LogP contribution in [0.1, 0.15) is 56.2 Å². The highest BCUT2D eigenvalue weighted by atomic mass is 19.4. The predicted molar refractivity (Wildman–Crippen MR) is 131 cm³/mol. The van der Waals surface area contributed by atoms with Crippen LogP contribution in [0.25, 0.3) is 16.7 Å². The molecule has 0 aliphatic heterocycles. The van der Waals surface area contributed by atoms with E-state index in [4.69, 9.17) is 0 Å². The lowest BCUT2D eigenvalue weighted by atomic mass is 9.92. The maximum Gasteiger partial charge on any atom is 0.416 e. The molecule has 0 atom stereocenters. The van der Waals surface area contributed by atoms with Crippen LogP contribution < -0.4 is 10.9 Å². The Morgan fingerprint density at radius 2 is 1.67 bits per heavy atom. The molecule has 0 saturated carbocycles. The highest BCUT2D eigenvalue weighted by Crippen LogP contribution is 2.33. The summed E-state index contributed by atoms with van der Waals surface area (Å²) in [6, 6.07) is 10.5. The average molecular weight is 498 g/mol. The fraction of sp³-hybridized carbons (Fsp3) is 0.308. The van der Waals surface area contributed by atoms with Gasteiger partial charge in [0.05, 0.1) is 17.4 Å². The Labute approximate surface area is 205 Å². The summed E-state index contributed by atoms with van der Waals surface area (Å²) in [5, 5.41) is 7.13. The first-order valence-corrected chi connectivity index (χ1v) is 11.5. The van der Waals surface area contributed by atoms with Gasteiger partial charge in [0.25, 0.3) is 5.56 Å². The van der Waals surface area contributed by atoms with Gasteiger partial charge in [-0.15, -0.1) is 0 Å². The number of hydrogen-bond donors (Lipinski definition) is 1. The van der Waals surface area contributed by atoms with Crippen LogP contribution in [0.2, 0.25) is 0 Å². The summed E-state index contributed by atoms with van der Waals surface area (Å²) in [6.07, 6.45) is -2.08. The highest BCUT2D eigenvalue weighted by molar-refractivity contribution is 5.92. The average Bonchev–Trinajstić information content (AvgIpc) is 3.25. The highest BCUT2D eigenvalue weighted by Gasteiger charge is 2.30. The van der Waals surface area contributed by atoms with E-state index in [1.807, 2.05) is 45.9 Å². The van der Waals surface area contributed by atoms with E-state index in [0.29, 0.717) is 0 Å². The quantitative estimate of drug-likeness (QED) is 0.382. The number of amides is 1. The molecule has 0 fully saturated rings. The summed E-state index contributed by atoms with van der Waals surface area (Å²) in [5.41, 5.74) is 1.60. The number of nitrogens with zero attached hydrogens (tertiary/aromatic N) is 4. The smallest absolute Gasteiger partial charge is 0.324 e. The van der Waals surface area contributed by atoms with E-state index < -0.39 is 23.2 Å². The molecule has 2 aromatic heterocycles. The Kier molecular flexibility index (Phi) is 6.71. The van der Waals surface area contributed by atoms with E-state index in [9.17, 15) is 22.8 Å². The van der Waals surface area contributed by atoms with Gasteiger partial charge in [0.15, 0.2) is 5.65 Å². The maximum absolute atomic E-state index is 13.1. The van der Waals surface area contributed by atoms with Gasteiger partial charge in [0, 0.05) is 5.69 Å². The zero-order valence-corrected chi connectivity index (χ0v) is 20.3. The van der Waals surface area contributed by atoms with Gasteiger partial charge in [-0.2, -0.15) is 18.3 Å². The van der Waals surface area contributed by atoms with Crippen molar-refractivity contribution in [3.63, 3.8) is 0 Å².